The van der Waals surface area contributed by atoms with Crippen molar-refractivity contribution in [3.8, 4) is 0 Å². The number of benzene rings is 2. The maximum absolute atomic E-state index is 12.6. The van der Waals surface area contributed by atoms with Crippen LogP contribution in [0, 0.1) is 0 Å². The highest BCUT2D eigenvalue weighted by Crippen LogP contribution is 2.25. The van der Waals surface area contributed by atoms with Crippen molar-refractivity contribution in [3.05, 3.63) is 65.2 Å². The number of unbranched alkanes of at least 4 members (excludes halogenated alkanes) is 1. The maximum Gasteiger partial charge on any atom is 0.338 e. The molecule has 7 nitrogen and oxygen atoms in total. The van der Waals surface area contributed by atoms with Crippen molar-refractivity contribution < 1.29 is 23.9 Å². The summed E-state index contributed by atoms with van der Waals surface area (Å²) < 4.78 is 5.14. The number of amides is 3. The fourth-order valence-corrected chi connectivity index (χ4v) is 3.01. The lowest BCUT2D eigenvalue weighted by atomic mass is 10.1. The van der Waals surface area contributed by atoms with Crippen molar-refractivity contribution in [1.29, 1.82) is 0 Å². The molecule has 0 saturated heterocycles. The average Bonchev–Trinajstić information content (AvgIpc) is 2.98. The lowest BCUT2D eigenvalue weighted by molar-refractivity contribution is -0.119. The van der Waals surface area contributed by atoms with E-state index in [0.29, 0.717) is 29.0 Å². The lowest BCUT2D eigenvalue weighted by Crippen LogP contribution is -2.45. The molecule has 7 heteroatoms. The zero-order valence-corrected chi connectivity index (χ0v) is 16.3. The van der Waals surface area contributed by atoms with Crippen LogP contribution in [0.25, 0.3) is 0 Å². The third-order valence-corrected chi connectivity index (χ3v) is 4.71. The van der Waals surface area contributed by atoms with Crippen LogP contribution in [0.3, 0.4) is 0 Å². The van der Waals surface area contributed by atoms with Crippen LogP contribution in [0.1, 0.15) is 57.8 Å². The number of nitrogens with one attached hydrogen (secondary N) is 1. The number of carbonyl (C=O) groups excluding carboxylic acids is 4. The quantitative estimate of drug-likeness (QED) is 0.442. The summed E-state index contributed by atoms with van der Waals surface area (Å²) in [4.78, 5) is 50.5. The highest BCUT2D eigenvalue weighted by atomic mass is 16.5. The van der Waals surface area contributed by atoms with E-state index in [4.69, 9.17) is 4.74 Å². The molecule has 1 atom stereocenters. The number of anilines is 1. The molecule has 0 bridgehead atoms. The van der Waals surface area contributed by atoms with Gasteiger partial charge < -0.3 is 10.1 Å². The molecular formula is C22H22N2O5. The first-order valence-electron chi connectivity index (χ1n) is 9.49. The topological polar surface area (TPSA) is 92.8 Å². The van der Waals surface area contributed by atoms with E-state index < -0.39 is 29.7 Å². The summed E-state index contributed by atoms with van der Waals surface area (Å²) in [7, 11) is 0. The minimum Gasteiger partial charge on any atom is -0.462 e. The molecule has 0 aromatic heterocycles. The van der Waals surface area contributed by atoms with Crippen LogP contribution in [-0.2, 0) is 9.53 Å². The predicted octanol–water partition coefficient (Wildman–Crippen LogP) is 3.27. The summed E-state index contributed by atoms with van der Waals surface area (Å²) in [5, 5.41) is 2.67. The number of hydrogen-bond acceptors (Lipinski definition) is 5. The number of rotatable bonds is 7. The van der Waals surface area contributed by atoms with Gasteiger partial charge in [-0.05, 0) is 49.7 Å². The molecule has 0 radical (unpaired) electrons. The van der Waals surface area contributed by atoms with Gasteiger partial charge in [0.1, 0.15) is 6.04 Å². The second-order valence-electron chi connectivity index (χ2n) is 6.76. The molecule has 1 aliphatic heterocycles. The molecule has 1 heterocycles. The third-order valence-electron chi connectivity index (χ3n) is 4.71. The van der Waals surface area contributed by atoms with Gasteiger partial charge in [0, 0.05) is 5.69 Å². The standard InChI is InChI=1S/C22H22N2O5/c1-3-4-13-29-22(28)15-9-11-16(12-10-15)23-19(25)14(2)24-20(26)17-7-5-6-8-18(17)21(24)27/h5-12,14H,3-4,13H2,1-2H3,(H,23,25)/t14-/m0/s1. The van der Waals surface area contributed by atoms with Gasteiger partial charge in [0.25, 0.3) is 11.8 Å². The number of hydrogen-bond donors (Lipinski definition) is 1. The second kappa shape index (κ2) is 8.68. The Kier molecular flexibility index (Phi) is 6.07. The number of nitrogens with zero attached hydrogens (tertiary/aromatic N) is 1. The van der Waals surface area contributed by atoms with Crippen LogP contribution in [0.2, 0.25) is 0 Å². The van der Waals surface area contributed by atoms with Crippen LogP contribution >= 0.6 is 0 Å². The van der Waals surface area contributed by atoms with Crippen molar-refractivity contribution in [2.24, 2.45) is 0 Å². The van der Waals surface area contributed by atoms with Crippen molar-refractivity contribution in [2.45, 2.75) is 32.7 Å². The first-order valence-corrected chi connectivity index (χ1v) is 9.49. The Balaban J connectivity index is 1.64. The maximum atomic E-state index is 12.6. The number of fused-ring (bicyclic) bond motifs is 1. The molecule has 2 aromatic rings. The van der Waals surface area contributed by atoms with Crippen LogP contribution in [0.4, 0.5) is 5.69 Å². The third kappa shape index (κ3) is 4.18. The molecule has 0 aliphatic carbocycles. The molecule has 0 spiro atoms. The van der Waals surface area contributed by atoms with E-state index >= 15 is 0 Å². The van der Waals surface area contributed by atoms with E-state index in [2.05, 4.69) is 5.32 Å². The molecule has 29 heavy (non-hydrogen) atoms. The van der Waals surface area contributed by atoms with E-state index in [0.717, 1.165) is 17.7 Å². The van der Waals surface area contributed by atoms with Gasteiger partial charge in [-0.3, -0.25) is 19.3 Å². The molecule has 1 N–H and O–H groups in total. The summed E-state index contributed by atoms with van der Waals surface area (Å²) >= 11 is 0. The van der Waals surface area contributed by atoms with Gasteiger partial charge in [0.2, 0.25) is 5.91 Å². The molecule has 0 saturated carbocycles. The number of carbonyl (C=O) groups is 4. The predicted molar refractivity (Wildman–Crippen MR) is 107 cm³/mol. The first kappa shape index (κ1) is 20.3. The van der Waals surface area contributed by atoms with Crippen LogP contribution < -0.4 is 5.32 Å². The molecular weight excluding hydrogens is 372 g/mol. The molecule has 2 aromatic carbocycles. The summed E-state index contributed by atoms with van der Waals surface area (Å²) in [6.45, 7) is 3.87. The summed E-state index contributed by atoms with van der Waals surface area (Å²) in [5.41, 5.74) is 1.42. The Morgan fingerprint density at radius 3 is 2.14 bits per heavy atom. The molecule has 3 rings (SSSR count). The van der Waals surface area contributed by atoms with Gasteiger partial charge in [-0.25, -0.2) is 4.79 Å². The van der Waals surface area contributed by atoms with Crippen molar-refractivity contribution in [1.82, 2.24) is 4.90 Å². The van der Waals surface area contributed by atoms with E-state index in [1.807, 2.05) is 6.92 Å². The van der Waals surface area contributed by atoms with Crippen molar-refractivity contribution in [3.63, 3.8) is 0 Å². The minimum atomic E-state index is -0.985. The summed E-state index contributed by atoms with van der Waals surface area (Å²) in [6.07, 6.45) is 1.74. The van der Waals surface area contributed by atoms with Gasteiger partial charge in [-0.15, -0.1) is 0 Å². The van der Waals surface area contributed by atoms with Crippen LogP contribution in [0.15, 0.2) is 48.5 Å². The van der Waals surface area contributed by atoms with Crippen LogP contribution in [-0.4, -0.2) is 41.2 Å². The summed E-state index contributed by atoms with van der Waals surface area (Å²) in [6, 6.07) is 11.7. The molecule has 3 amide bonds. The van der Waals surface area contributed by atoms with Gasteiger partial charge in [0.05, 0.1) is 23.3 Å². The summed E-state index contributed by atoms with van der Waals surface area (Å²) in [5.74, 6) is -1.90. The fourth-order valence-electron chi connectivity index (χ4n) is 3.01. The van der Waals surface area contributed by atoms with Crippen molar-refractivity contribution in [2.75, 3.05) is 11.9 Å². The van der Waals surface area contributed by atoms with E-state index in [9.17, 15) is 19.2 Å². The monoisotopic (exact) mass is 394 g/mol. The molecule has 150 valence electrons. The molecule has 1 aliphatic rings. The highest BCUT2D eigenvalue weighted by molar-refractivity contribution is 6.23. The van der Waals surface area contributed by atoms with E-state index in [1.165, 1.54) is 6.92 Å². The Labute approximate surface area is 168 Å². The molecule has 0 fully saturated rings. The Morgan fingerprint density at radius 1 is 1.00 bits per heavy atom. The fraction of sp³-hybridized carbons (Fsp3) is 0.273. The first-order chi connectivity index (χ1) is 13.9. The smallest absolute Gasteiger partial charge is 0.338 e. The van der Waals surface area contributed by atoms with E-state index in [1.54, 1.807) is 48.5 Å². The Bertz CT molecular complexity index is 917. The Hall–Kier alpha value is -3.48. The molecule has 0 unspecified atom stereocenters. The minimum absolute atomic E-state index is 0.295. The number of esters is 1. The zero-order valence-electron chi connectivity index (χ0n) is 16.3. The second-order valence-corrected chi connectivity index (χ2v) is 6.76. The largest absolute Gasteiger partial charge is 0.462 e. The zero-order chi connectivity index (χ0) is 21.0. The Morgan fingerprint density at radius 2 is 1.59 bits per heavy atom. The van der Waals surface area contributed by atoms with Crippen LogP contribution in [0.5, 0.6) is 0 Å². The number of ether oxygens (including phenoxy) is 1. The van der Waals surface area contributed by atoms with E-state index in [-0.39, 0.29) is 0 Å². The SMILES string of the molecule is CCCCOC(=O)c1ccc(NC(=O)[C@H](C)N2C(=O)c3ccccc3C2=O)cc1. The highest BCUT2D eigenvalue weighted by Gasteiger charge is 2.40. The van der Waals surface area contributed by atoms with Gasteiger partial charge in [0.15, 0.2) is 0 Å². The van der Waals surface area contributed by atoms with Gasteiger partial charge in [-0.2, -0.15) is 0 Å². The normalized spacial score (nSPS) is 13.8. The number of imide groups is 1. The lowest BCUT2D eigenvalue weighted by Gasteiger charge is -2.21. The average molecular weight is 394 g/mol. The van der Waals surface area contributed by atoms with Gasteiger partial charge in [-0.1, -0.05) is 25.5 Å². The van der Waals surface area contributed by atoms with Gasteiger partial charge >= 0.3 is 5.97 Å². The van der Waals surface area contributed by atoms with Crippen molar-refractivity contribution >= 4 is 29.4 Å².